The lowest BCUT2D eigenvalue weighted by atomic mass is 10.2. The molecule has 2 N–H and O–H groups in total. The second-order valence-corrected chi connectivity index (χ2v) is 6.72. The number of benzene rings is 1. The first-order chi connectivity index (χ1) is 14.1. The number of carbonyl (C=O) groups excluding carboxylic acids is 1. The summed E-state index contributed by atoms with van der Waals surface area (Å²) in [4.78, 5) is 23.4. The Morgan fingerprint density at radius 1 is 1.10 bits per heavy atom. The molecule has 4 rings (SSSR count). The lowest BCUT2D eigenvalue weighted by Gasteiger charge is -2.28. The predicted molar refractivity (Wildman–Crippen MR) is 108 cm³/mol. The van der Waals surface area contributed by atoms with Crippen molar-refractivity contribution < 1.29 is 9.53 Å². The zero-order valence-corrected chi connectivity index (χ0v) is 16.3. The number of nitrogens with zero attached hydrogens (tertiary/aromatic N) is 6. The van der Waals surface area contributed by atoms with Crippen molar-refractivity contribution in [1.29, 1.82) is 0 Å². The number of hydrogen-bond acceptors (Lipinski definition) is 8. The predicted octanol–water partition coefficient (Wildman–Crippen LogP) is 1.75. The van der Waals surface area contributed by atoms with Gasteiger partial charge < -0.3 is 20.3 Å². The summed E-state index contributed by atoms with van der Waals surface area (Å²) in [5, 5.41) is 13.6. The summed E-state index contributed by atoms with van der Waals surface area (Å²) in [6.45, 7) is 4.98. The van der Waals surface area contributed by atoms with E-state index >= 15 is 0 Å². The van der Waals surface area contributed by atoms with E-state index in [1.165, 1.54) is 4.68 Å². The van der Waals surface area contributed by atoms with E-state index in [4.69, 9.17) is 4.74 Å². The Morgan fingerprint density at radius 2 is 1.83 bits per heavy atom. The van der Waals surface area contributed by atoms with Crippen LogP contribution in [0.25, 0.3) is 0 Å². The Balaban J connectivity index is 1.43. The number of morpholine rings is 1. The normalized spacial score (nSPS) is 13.9. The fraction of sp³-hybridized carbons (Fsp3) is 0.316. The number of amides is 1. The molecule has 150 valence electrons. The van der Waals surface area contributed by atoms with Crippen molar-refractivity contribution in [2.75, 3.05) is 41.8 Å². The minimum Gasteiger partial charge on any atom is -0.378 e. The van der Waals surface area contributed by atoms with E-state index < -0.39 is 0 Å². The second-order valence-electron chi connectivity index (χ2n) is 6.72. The number of aryl methyl sites for hydroxylation is 2. The van der Waals surface area contributed by atoms with E-state index in [9.17, 15) is 4.79 Å². The Morgan fingerprint density at radius 3 is 2.52 bits per heavy atom. The van der Waals surface area contributed by atoms with Crippen LogP contribution in [-0.2, 0) is 11.8 Å². The summed E-state index contributed by atoms with van der Waals surface area (Å²) in [7, 11) is 1.71. The third-order valence-electron chi connectivity index (χ3n) is 4.41. The summed E-state index contributed by atoms with van der Waals surface area (Å²) in [6.07, 6.45) is 1.56. The first-order valence-corrected chi connectivity index (χ1v) is 9.30. The van der Waals surface area contributed by atoms with Crippen molar-refractivity contribution in [3.05, 3.63) is 47.9 Å². The maximum atomic E-state index is 12.2. The number of ether oxygens (including phenoxy) is 1. The maximum absolute atomic E-state index is 12.2. The van der Waals surface area contributed by atoms with Crippen LogP contribution in [0.4, 0.5) is 23.1 Å². The molecular weight excluding hydrogens is 372 g/mol. The third kappa shape index (κ3) is 4.66. The monoisotopic (exact) mass is 394 g/mol. The highest BCUT2D eigenvalue weighted by Gasteiger charge is 2.14. The minimum absolute atomic E-state index is 0.263. The lowest BCUT2D eigenvalue weighted by Crippen LogP contribution is -2.36. The van der Waals surface area contributed by atoms with Gasteiger partial charge in [0.05, 0.1) is 19.4 Å². The van der Waals surface area contributed by atoms with Crippen molar-refractivity contribution in [1.82, 2.24) is 25.0 Å². The standard InChI is InChI=1S/C19H22N8O2/c1-13-11-17(27-7-9-29-10-8-27)23-19(20-13)22-15-5-3-14(4-6-15)21-18(28)16-12-26(2)25-24-16/h3-6,11-12H,7-10H2,1-2H3,(H,21,28)(H,20,22,23). The second kappa shape index (κ2) is 8.23. The van der Waals surface area contributed by atoms with Gasteiger partial charge in [-0.15, -0.1) is 5.10 Å². The number of carbonyl (C=O) groups is 1. The summed E-state index contributed by atoms with van der Waals surface area (Å²) in [6, 6.07) is 9.28. The van der Waals surface area contributed by atoms with E-state index in [1.54, 1.807) is 25.4 Å². The molecule has 3 heterocycles. The first-order valence-electron chi connectivity index (χ1n) is 9.30. The number of hydrogen-bond donors (Lipinski definition) is 2. The van der Waals surface area contributed by atoms with Gasteiger partial charge in [-0.05, 0) is 31.2 Å². The molecule has 0 aliphatic carbocycles. The molecule has 0 radical (unpaired) electrons. The van der Waals surface area contributed by atoms with Gasteiger partial charge in [0.25, 0.3) is 5.91 Å². The van der Waals surface area contributed by atoms with Crippen LogP contribution in [0.2, 0.25) is 0 Å². The SMILES string of the molecule is Cc1cc(N2CCOCC2)nc(Nc2ccc(NC(=O)c3cn(C)nn3)cc2)n1. The summed E-state index contributed by atoms with van der Waals surface area (Å²) < 4.78 is 6.89. The number of rotatable bonds is 5. The molecule has 0 unspecified atom stereocenters. The van der Waals surface area contributed by atoms with Crippen LogP contribution in [0, 0.1) is 6.92 Å². The van der Waals surface area contributed by atoms with Crippen LogP contribution < -0.4 is 15.5 Å². The van der Waals surface area contributed by atoms with Gasteiger partial charge in [0.2, 0.25) is 5.95 Å². The smallest absolute Gasteiger partial charge is 0.277 e. The minimum atomic E-state index is -0.309. The molecule has 1 saturated heterocycles. The van der Waals surface area contributed by atoms with E-state index in [-0.39, 0.29) is 11.6 Å². The number of anilines is 4. The fourth-order valence-electron chi connectivity index (χ4n) is 2.97. The zero-order chi connectivity index (χ0) is 20.2. The summed E-state index contributed by atoms with van der Waals surface area (Å²) >= 11 is 0. The Labute approximate surface area is 167 Å². The van der Waals surface area contributed by atoms with Crippen molar-refractivity contribution in [2.45, 2.75) is 6.92 Å². The van der Waals surface area contributed by atoms with Gasteiger partial charge in [-0.1, -0.05) is 5.21 Å². The molecule has 10 nitrogen and oxygen atoms in total. The van der Waals surface area contributed by atoms with Crippen molar-refractivity contribution in [3.63, 3.8) is 0 Å². The molecule has 1 aliphatic rings. The molecular formula is C19H22N8O2. The van der Waals surface area contributed by atoms with Gasteiger partial charge in [0.15, 0.2) is 5.69 Å². The zero-order valence-electron chi connectivity index (χ0n) is 16.3. The number of nitrogens with one attached hydrogen (secondary N) is 2. The summed E-state index contributed by atoms with van der Waals surface area (Å²) in [5.41, 5.74) is 2.63. The molecule has 1 aliphatic heterocycles. The Bertz CT molecular complexity index is 996. The molecule has 0 saturated carbocycles. The third-order valence-corrected chi connectivity index (χ3v) is 4.41. The largest absolute Gasteiger partial charge is 0.378 e. The molecule has 1 fully saturated rings. The van der Waals surface area contributed by atoms with Gasteiger partial charge in [-0.25, -0.2) is 4.98 Å². The van der Waals surface area contributed by atoms with Gasteiger partial charge in [0, 0.05) is 43.3 Å². The quantitative estimate of drug-likeness (QED) is 0.673. The molecule has 0 bridgehead atoms. The molecule has 3 aromatic rings. The van der Waals surface area contributed by atoms with Crippen LogP contribution in [0.15, 0.2) is 36.5 Å². The molecule has 1 aromatic carbocycles. The fourth-order valence-corrected chi connectivity index (χ4v) is 2.97. The van der Waals surface area contributed by atoms with Gasteiger partial charge >= 0.3 is 0 Å². The lowest BCUT2D eigenvalue weighted by molar-refractivity contribution is 0.102. The number of aromatic nitrogens is 5. The van der Waals surface area contributed by atoms with E-state index in [2.05, 4.69) is 35.8 Å². The topological polar surface area (TPSA) is 110 Å². The molecule has 0 atom stereocenters. The van der Waals surface area contributed by atoms with Crippen molar-refractivity contribution in [3.8, 4) is 0 Å². The molecule has 2 aromatic heterocycles. The molecule has 1 amide bonds. The van der Waals surface area contributed by atoms with Gasteiger partial charge in [-0.2, -0.15) is 4.98 Å². The maximum Gasteiger partial charge on any atom is 0.277 e. The van der Waals surface area contributed by atoms with E-state index in [0.29, 0.717) is 24.8 Å². The Kier molecular flexibility index (Phi) is 5.34. The van der Waals surface area contributed by atoms with Crippen molar-refractivity contribution >= 4 is 29.0 Å². The highest BCUT2D eigenvalue weighted by molar-refractivity contribution is 6.02. The van der Waals surface area contributed by atoms with Crippen LogP contribution in [-0.4, -0.2) is 57.2 Å². The van der Waals surface area contributed by atoms with Crippen molar-refractivity contribution in [2.24, 2.45) is 7.05 Å². The highest BCUT2D eigenvalue weighted by Crippen LogP contribution is 2.21. The van der Waals surface area contributed by atoms with Crippen LogP contribution >= 0.6 is 0 Å². The van der Waals surface area contributed by atoms with Crippen LogP contribution in [0.3, 0.4) is 0 Å². The highest BCUT2D eigenvalue weighted by atomic mass is 16.5. The average molecular weight is 394 g/mol. The van der Waals surface area contributed by atoms with E-state index in [0.717, 1.165) is 30.3 Å². The Hall–Kier alpha value is -3.53. The first kappa shape index (κ1) is 18.8. The molecule has 29 heavy (non-hydrogen) atoms. The average Bonchev–Trinajstić information content (AvgIpc) is 3.16. The van der Waals surface area contributed by atoms with Gasteiger partial charge in [-0.3, -0.25) is 9.48 Å². The van der Waals surface area contributed by atoms with Crippen LogP contribution in [0.1, 0.15) is 16.2 Å². The molecule has 10 heteroatoms. The summed E-state index contributed by atoms with van der Waals surface area (Å²) in [5.74, 6) is 1.11. The van der Waals surface area contributed by atoms with Crippen LogP contribution in [0.5, 0.6) is 0 Å². The van der Waals surface area contributed by atoms with Gasteiger partial charge in [0.1, 0.15) is 5.82 Å². The van der Waals surface area contributed by atoms with E-state index in [1.807, 2.05) is 25.1 Å². The molecule has 0 spiro atoms.